The maximum absolute atomic E-state index is 12.7. The van der Waals surface area contributed by atoms with Crippen LogP contribution in [0.2, 0.25) is 0 Å². The summed E-state index contributed by atoms with van der Waals surface area (Å²) < 4.78 is 6.62. The van der Waals surface area contributed by atoms with Crippen LogP contribution in [0.5, 0.6) is 5.75 Å². The monoisotopic (exact) mass is 407 g/mol. The molecule has 1 heterocycles. The second-order valence-electron chi connectivity index (χ2n) is 6.91. The molecule has 3 rings (SSSR count). The molecule has 0 atom stereocenters. The minimum absolute atomic E-state index is 0.146. The number of benzene rings is 2. The summed E-state index contributed by atoms with van der Waals surface area (Å²) in [6.45, 7) is 4.29. The van der Waals surface area contributed by atoms with Crippen LogP contribution in [0.1, 0.15) is 27.0 Å². The number of hydrogen-bond donors (Lipinski definition) is 1. The molecule has 1 N–H and O–H groups in total. The van der Waals surface area contributed by atoms with E-state index in [1.54, 1.807) is 0 Å². The van der Waals surface area contributed by atoms with Crippen molar-refractivity contribution in [3.05, 3.63) is 97.4 Å². The summed E-state index contributed by atoms with van der Waals surface area (Å²) in [7, 11) is 1.36. The summed E-state index contributed by atoms with van der Waals surface area (Å²) in [5.41, 5.74) is 3.33. The summed E-state index contributed by atoms with van der Waals surface area (Å²) in [5.74, 6) is -0.293. The van der Waals surface area contributed by atoms with E-state index in [0.29, 0.717) is 12.2 Å². The maximum Gasteiger partial charge on any atom is 0.273 e. The van der Waals surface area contributed by atoms with Crippen molar-refractivity contribution >= 4 is 17.3 Å². The lowest BCUT2D eigenvalue weighted by Crippen LogP contribution is -2.23. The Balaban J connectivity index is 1.87. The third-order valence-electron chi connectivity index (χ3n) is 4.74. The molecule has 2 aromatic carbocycles. The van der Waals surface area contributed by atoms with Gasteiger partial charge in [-0.1, -0.05) is 23.8 Å². The first-order valence-electron chi connectivity index (χ1n) is 9.19. The van der Waals surface area contributed by atoms with E-state index in [2.05, 4.69) is 5.32 Å². The number of anilines is 1. The molecule has 8 heteroatoms. The Kier molecular flexibility index (Phi) is 5.96. The number of aryl methyl sites for hydroxylation is 2. The van der Waals surface area contributed by atoms with Gasteiger partial charge in [-0.15, -0.1) is 0 Å². The average molecular weight is 407 g/mol. The van der Waals surface area contributed by atoms with Crippen LogP contribution in [0.15, 0.2) is 59.5 Å². The molecule has 154 valence electrons. The van der Waals surface area contributed by atoms with Crippen LogP contribution in [-0.4, -0.2) is 22.5 Å². The first-order valence-corrected chi connectivity index (χ1v) is 9.19. The van der Waals surface area contributed by atoms with E-state index >= 15 is 0 Å². The van der Waals surface area contributed by atoms with Crippen molar-refractivity contribution < 1.29 is 14.5 Å². The Labute approximate surface area is 172 Å². The summed E-state index contributed by atoms with van der Waals surface area (Å²) in [4.78, 5) is 35.4. The predicted octanol–water partition coefficient (Wildman–Crippen LogP) is 3.68. The molecule has 0 bridgehead atoms. The van der Waals surface area contributed by atoms with Crippen LogP contribution in [0.4, 0.5) is 11.4 Å². The molecular formula is C22H21N3O5. The molecule has 0 aliphatic carbocycles. The Morgan fingerprint density at radius 3 is 2.60 bits per heavy atom. The Morgan fingerprint density at radius 2 is 1.90 bits per heavy atom. The van der Waals surface area contributed by atoms with E-state index in [-0.39, 0.29) is 22.6 Å². The normalized spacial score (nSPS) is 10.5. The van der Waals surface area contributed by atoms with Gasteiger partial charge in [-0.3, -0.25) is 19.7 Å². The van der Waals surface area contributed by atoms with Crippen molar-refractivity contribution in [1.29, 1.82) is 0 Å². The van der Waals surface area contributed by atoms with Gasteiger partial charge in [0.25, 0.3) is 17.2 Å². The third-order valence-corrected chi connectivity index (χ3v) is 4.74. The number of carbonyl (C=O) groups is 1. The van der Waals surface area contributed by atoms with Crippen molar-refractivity contribution in [3.8, 4) is 5.75 Å². The summed E-state index contributed by atoms with van der Waals surface area (Å²) in [5, 5.41) is 13.6. The molecule has 0 fully saturated rings. The largest absolute Gasteiger partial charge is 0.494 e. The van der Waals surface area contributed by atoms with Crippen LogP contribution in [0.25, 0.3) is 0 Å². The molecule has 1 aromatic heterocycles. The molecule has 0 unspecified atom stereocenters. The van der Waals surface area contributed by atoms with E-state index in [1.165, 1.54) is 48.2 Å². The van der Waals surface area contributed by atoms with E-state index in [0.717, 1.165) is 16.7 Å². The molecule has 0 spiro atoms. The van der Waals surface area contributed by atoms with Gasteiger partial charge in [0.1, 0.15) is 5.75 Å². The number of rotatable bonds is 6. The average Bonchev–Trinajstić information content (AvgIpc) is 2.72. The van der Waals surface area contributed by atoms with E-state index in [1.807, 2.05) is 32.0 Å². The van der Waals surface area contributed by atoms with E-state index < -0.39 is 10.8 Å². The molecule has 1 amide bonds. The fraction of sp³-hybridized carbons (Fsp3) is 0.182. The molecule has 0 saturated heterocycles. The number of nitrogens with zero attached hydrogens (tertiary/aromatic N) is 2. The highest BCUT2D eigenvalue weighted by molar-refractivity contribution is 6.04. The summed E-state index contributed by atoms with van der Waals surface area (Å²) in [6.07, 6.45) is 1.50. The fourth-order valence-corrected chi connectivity index (χ4v) is 3.03. The van der Waals surface area contributed by atoms with Crippen LogP contribution >= 0.6 is 0 Å². The number of hydrogen-bond acceptors (Lipinski definition) is 5. The minimum Gasteiger partial charge on any atom is -0.494 e. The molecule has 0 aliphatic heterocycles. The summed E-state index contributed by atoms with van der Waals surface area (Å²) >= 11 is 0. The standard InChI is InChI=1S/C22H21N3O5/c1-14-4-5-15(2)17(10-14)13-24-12-16(6-9-21(24)26)22(27)23-19-8-7-18(25(28)29)11-20(19)30-3/h4-12H,13H2,1-3H3,(H,23,27). The van der Waals surface area contributed by atoms with Gasteiger partial charge < -0.3 is 14.6 Å². The first-order chi connectivity index (χ1) is 14.3. The lowest BCUT2D eigenvalue weighted by atomic mass is 10.1. The Bertz CT molecular complexity index is 1180. The van der Waals surface area contributed by atoms with Crippen molar-refractivity contribution in [3.63, 3.8) is 0 Å². The van der Waals surface area contributed by atoms with Crippen molar-refractivity contribution in [1.82, 2.24) is 4.57 Å². The van der Waals surface area contributed by atoms with Gasteiger partial charge in [0.05, 0.1) is 35.9 Å². The van der Waals surface area contributed by atoms with Gasteiger partial charge in [-0.2, -0.15) is 0 Å². The second-order valence-corrected chi connectivity index (χ2v) is 6.91. The SMILES string of the molecule is COc1cc([N+](=O)[O-])ccc1NC(=O)c1ccc(=O)n(Cc2cc(C)ccc2C)c1. The van der Waals surface area contributed by atoms with Crippen molar-refractivity contribution in [2.24, 2.45) is 0 Å². The van der Waals surface area contributed by atoms with Crippen LogP contribution in [0, 0.1) is 24.0 Å². The number of pyridine rings is 1. The predicted molar refractivity (Wildman–Crippen MR) is 113 cm³/mol. The van der Waals surface area contributed by atoms with Crippen LogP contribution < -0.4 is 15.6 Å². The number of nitro groups is 1. The zero-order valence-corrected chi connectivity index (χ0v) is 16.8. The Hall–Kier alpha value is -3.94. The number of carbonyl (C=O) groups excluding carboxylic acids is 1. The summed E-state index contributed by atoms with van der Waals surface area (Å²) in [6, 6.07) is 12.7. The van der Waals surface area contributed by atoms with Gasteiger partial charge in [0.2, 0.25) is 0 Å². The zero-order valence-electron chi connectivity index (χ0n) is 16.8. The smallest absolute Gasteiger partial charge is 0.273 e. The van der Waals surface area contributed by atoms with E-state index in [4.69, 9.17) is 4.74 Å². The number of methoxy groups -OCH3 is 1. The maximum atomic E-state index is 12.7. The lowest BCUT2D eigenvalue weighted by Gasteiger charge is -2.13. The Morgan fingerprint density at radius 1 is 1.13 bits per heavy atom. The second kappa shape index (κ2) is 8.60. The first kappa shape index (κ1) is 20.8. The van der Waals surface area contributed by atoms with Gasteiger partial charge in [0, 0.05) is 18.3 Å². The number of ether oxygens (including phenoxy) is 1. The highest BCUT2D eigenvalue weighted by atomic mass is 16.6. The van der Waals surface area contributed by atoms with E-state index in [9.17, 15) is 19.7 Å². The minimum atomic E-state index is -0.544. The number of nitro benzene ring substituents is 1. The topological polar surface area (TPSA) is 103 Å². The number of amides is 1. The van der Waals surface area contributed by atoms with Crippen LogP contribution in [0.3, 0.4) is 0 Å². The quantitative estimate of drug-likeness (QED) is 0.496. The number of nitrogens with one attached hydrogen (secondary N) is 1. The molecule has 0 aliphatic rings. The molecular weight excluding hydrogens is 386 g/mol. The molecule has 0 saturated carbocycles. The highest BCUT2D eigenvalue weighted by Crippen LogP contribution is 2.29. The molecule has 30 heavy (non-hydrogen) atoms. The number of aromatic nitrogens is 1. The molecule has 8 nitrogen and oxygen atoms in total. The molecule has 3 aromatic rings. The number of non-ortho nitro benzene ring substituents is 1. The van der Waals surface area contributed by atoms with Crippen molar-refractivity contribution in [2.75, 3.05) is 12.4 Å². The van der Waals surface area contributed by atoms with Crippen molar-refractivity contribution in [2.45, 2.75) is 20.4 Å². The van der Waals surface area contributed by atoms with Gasteiger partial charge in [-0.25, -0.2) is 0 Å². The fourth-order valence-electron chi connectivity index (χ4n) is 3.03. The van der Waals surface area contributed by atoms with Gasteiger partial charge in [0.15, 0.2) is 0 Å². The zero-order chi connectivity index (χ0) is 21.8. The van der Waals surface area contributed by atoms with Gasteiger partial charge in [-0.05, 0) is 37.1 Å². The van der Waals surface area contributed by atoms with Gasteiger partial charge >= 0.3 is 0 Å². The highest BCUT2D eigenvalue weighted by Gasteiger charge is 2.15. The third kappa shape index (κ3) is 4.54. The van der Waals surface area contributed by atoms with Crippen LogP contribution in [-0.2, 0) is 6.54 Å². The molecule has 0 radical (unpaired) electrons. The lowest BCUT2D eigenvalue weighted by molar-refractivity contribution is -0.384.